The SMILES string of the molecule is CSc1nnc(NC(=O)c2cc(=O)c3ccccc3o2)s1. The Bertz CT molecular complexity index is 872. The molecule has 0 unspecified atom stereocenters. The molecule has 2 aromatic heterocycles. The lowest BCUT2D eigenvalue weighted by Gasteiger charge is -2.02. The zero-order valence-corrected chi connectivity index (χ0v) is 12.5. The van der Waals surface area contributed by atoms with Crippen LogP contribution in [-0.2, 0) is 0 Å². The van der Waals surface area contributed by atoms with Gasteiger partial charge in [-0.3, -0.25) is 14.9 Å². The van der Waals surface area contributed by atoms with E-state index in [4.69, 9.17) is 4.42 Å². The number of thioether (sulfide) groups is 1. The van der Waals surface area contributed by atoms with Crippen molar-refractivity contribution < 1.29 is 9.21 Å². The van der Waals surface area contributed by atoms with E-state index in [1.54, 1.807) is 24.3 Å². The maximum atomic E-state index is 12.1. The van der Waals surface area contributed by atoms with E-state index in [1.807, 2.05) is 6.26 Å². The Morgan fingerprint density at radius 1 is 1.33 bits per heavy atom. The van der Waals surface area contributed by atoms with Crippen LogP contribution < -0.4 is 10.7 Å². The third-order valence-electron chi connectivity index (χ3n) is 2.66. The molecule has 1 aromatic carbocycles. The summed E-state index contributed by atoms with van der Waals surface area (Å²) in [6, 6.07) is 7.95. The topological polar surface area (TPSA) is 85.1 Å². The average molecular weight is 319 g/mol. The van der Waals surface area contributed by atoms with E-state index >= 15 is 0 Å². The summed E-state index contributed by atoms with van der Waals surface area (Å²) in [6.45, 7) is 0. The van der Waals surface area contributed by atoms with E-state index in [2.05, 4.69) is 15.5 Å². The van der Waals surface area contributed by atoms with Crippen molar-refractivity contribution in [3.63, 3.8) is 0 Å². The molecular weight excluding hydrogens is 310 g/mol. The van der Waals surface area contributed by atoms with Crippen molar-refractivity contribution >= 4 is 45.1 Å². The number of nitrogens with one attached hydrogen (secondary N) is 1. The van der Waals surface area contributed by atoms with Gasteiger partial charge in [0.2, 0.25) is 5.13 Å². The van der Waals surface area contributed by atoms with Crippen LogP contribution in [0.2, 0.25) is 0 Å². The number of carbonyl (C=O) groups excluding carboxylic acids is 1. The molecule has 0 aliphatic carbocycles. The number of aromatic nitrogens is 2. The second-order valence-electron chi connectivity index (χ2n) is 4.00. The molecule has 6 nitrogen and oxygen atoms in total. The Labute approximate surface area is 127 Å². The first-order valence-corrected chi connectivity index (χ1v) is 7.93. The van der Waals surface area contributed by atoms with Gasteiger partial charge in [-0.05, 0) is 18.4 Å². The monoisotopic (exact) mass is 319 g/mol. The van der Waals surface area contributed by atoms with Crippen LogP contribution >= 0.6 is 23.1 Å². The number of hydrogen-bond acceptors (Lipinski definition) is 7. The van der Waals surface area contributed by atoms with Gasteiger partial charge < -0.3 is 4.42 Å². The molecule has 1 N–H and O–H groups in total. The molecule has 106 valence electrons. The first kappa shape index (κ1) is 13.8. The lowest BCUT2D eigenvalue weighted by molar-refractivity contribution is 0.0997. The molecule has 0 atom stereocenters. The predicted octanol–water partition coefficient (Wildman–Crippen LogP) is 2.62. The minimum absolute atomic E-state index is 0.0559. The van der Waals surface area contributed by atoms with Crippen LogP contribution in [0.25, 0.3) is 11.0 Å². The van der Waals surface area contributed by atoms with Gasteiger partial charge in [-0.2, -0.15) is 0 Å². The highest BCUT2D eigenvalue weighted by Crippen LogP contribution is 2.23. The molecule has 0 spiro atoms. The maximum Gasteiger partial charge on any atom is 0.293 e. The first-order chi connectivity index (χ1) is 10.2. The number of anilines is 1. The summed E-state index contributed by atoms with van der Waals surface area (Å²) in [6.07, 6.45) is 1.87. The molecular formula is C13H9N3O3S2. The minimum Gasteiger partial charge on any atom is -0.451 e. The number of amides is 1. The van der Waals surface area contributed by atoms with Crippen LogP contribution in [0.5, 0.6) is 0 Å². The highest BCUT2D eigenvalue weighted by molar-refractivity contribution is 8.00. The Kier molecular flexibility index (Phi) is 3.72. The summed E-state index contributed by atoms with van der Waals surface area (Å²) in [5.41, 5.74) is 0.112. The van der Waals surface area contributed by atoms with Crippen LogP contribution in [0.1, 0.15) is 10.6 Å². The summed E-state index contributed by atoms with van der Waals surface area (Å²) >= 11 is 2.69. The summed E-state index contributed by atoms with van der Waals surface area (Å²) < 4.78 is 6.19. The average Bonchev–Trinajstić information content (AvgIpc) is 2.95. The number of nitrogens with zero attached hydrogens (tertiary/aromatic N) is 2. The second-order valence-corrected chi connectivity index (χ2v) is 6.03. The zero-order chi connectivity index (χ0) is 14.8. The van der Waals surface area contributed by atoms with E-state index in [-0.39, 0.29) is 11.2 Å². The fourth-order valence-corrected chi connectivity index (χ4v) is 2.88. The van der Waals surface area contributed by atoms with E-state index < -0.39 is 5.91 Å². The highest BCUT2D eigenvalue weighted by Gasteiger charge is 2.14. The van der Waals surface area contributed by atoms with E-state index in [0.717, 1.165) is 4.34 Å². The quantitative estimate of drug-likeness (QED) is 0.590. The molecule has 21 heavy (non-hydrogen) atoms. The van der Waals surface area contributed by atoms with Gasteiger partial charge in [-0.25, -0.2) is 0 Å². The fourth-order valence-electron chi connectivity index (χ4n) is 1.72. The van der Waals surface area contributed by atoms with E-state index in [9.17, 15) is 9.59 Å². The number of rotatable bonds is 3. The largest absolute Gasteiger partial charge is 0.451 e. The summed E-state index contributed by atoms with van der Waals surface area (Å²) in [4.78, 5) is 24.0. The van der Waals surface area contributed by atoms with E-state index in [0.29, 0.717) is 16.1 Å². The molecule has 3 aromatic rings. The van der Waals surface area contributed by atoms with Crippen molar-refractivity contribution in [2.45, 2.75) is 4.34 Å². The second kappa shape index (κ2) is 5.66. The molecule has 0 fully saturated rings. The summed E-state index contributed by atoms with van der Waals surface area (Å²) in [5, 5.41) is 11.1. The van der Waals surface area contributed by atoms with Crippen LogP contribution in [-0.4, -0.2) is 22.4 Å². The molecule has 0 bridgehead atoms. The summed E-state index contributed by atoms with van der Waals surface area (Å²) in [5.74, 6) is -0.582. The molecule has 0 saturated carbocycles. The molecule has 2 heterocycles. The Hall–Kier alpha value is -2.19. The predicted molar refractivity (Wildman–Crippen MR) is 82.1 cm³/mol. The standard InChI is InChI=1S/C13H9N3O3S2/c1-20-13-16-15-12(21-13)14-11(18)10-6-8(17)7-4-2-3-5-9(7)19-10/h2-6H,1H3,(H,14,15,18). The van der Waals surface area contributed by atoms with Gasteiger partial charge in [0.15, 0.2) is 15.5 Å². The van der Waals surface area contributed by atoms with Crippen molar-refractivity contribution in [2.24, 2.45) is 0 Å². The van der Waals surface area contributed by atoms with Gasteiger partial charge >= 0.3 is 0 Å². The third-order valence-corrected chi connectivity index (χ3v) is 4.47. The molecule has 0 radical (unpaired) electrons. The van der Waals surface area contributed by atoms with Crippen molar-refractivity contribution in [1.82, 2.24) is 10.2 Å². The number of hydrogen-bond donors (Lipinski definition) is 1. The van der Waals surface area contributed by atoms with E-state index in [1.165, 1.54) is 29.2 Å². The van der Waals surface area contributed by atoms with Gasteiger partial charge in [0.25, 0.3) is 5.91 Å². The normalized spacial score (nSPS) is 10.7. The number of carbonyl (C=O) groups is 1. The molecule has 0 saturated heterocycles. The maximum absolute atomic E-state index is 12.1. The van der Waals surface area contributed by atoms with Crippen LogP contribution in [0, 0.1) is 0 Å². The Morgan fingerprint density at radius 2 is 2.14 bits per heavy atom. The van der Waals surface area contributed by atoms with Crippen molar-refractivity contribution in [2.75, 3.05) is 11.6 Å². The number of benzene rings is 1. The molecule has 0 aliphatic heterocycles. The molecule has 0 aliphatic rings. The van der Waals surface area contributed by atoms with Crippen molar-refractivity contribution in [1.29, 1.82) is 0 Å². The molecule has 8 heteroatoms. The van der Waals surface area contributed by atoms with Gasteiger partial charge in [0, 0.05) is 6.07 Å². The molecule has 3 rings (SSSR count). The number of para-hydroxylation sites is 1. The van der Waals surface area contributed by atoms with Gasteiger partial charge in [0.1, 0.15) is 5.58 Å². The van der Waals surface area contributed by atoms with Crippen molar-refractivity contribution in [3.05, 3.63) is 46.3 Å². The first-order valence-electron chi connectivity index (χ1n) is 5.89. The Morgan fingerprint density at radius 3 is 2.90 bits per heavy atom. The number of fused-ring (bicyclic) bond motifs is 1. The van der Waals surface area contributed by atoms with Crippen LogP contribution in [0.3, 0.4) is 0 Å². The van der Waals surface area contributed by atoms with Crippen molar-refractivity contribution in [3.8, 4) is 0 Å². The fraction of sp³-hybridized carbons (Fsp3) is 0.0769. The van der Waals surface area contributed by atoms with Gasteiger partial charge in [-0.15, -0.1) is 10.2 Å². The molecule has 1 amide bonds. The smallest absolute Gasteiger partial charge is 0.293 e. The van der Waals surface area contributed by atoms with Gasteiger partial charge in [-0.1, -0.05) is 35.2 Å². The van der Waals surface area contributed by atoms with Crippen LogP contribution in [0.4, 0.5) is 5.13 Å². The highest BCUT2D eigenvalue weighted by atomic mass is 32.2. The minimum atomic E-state index is -0.526. The Balaban J connectivity index is 1.92. The zero-order valence-electron chi connectivity index (χ0n) is 10.8. The van der Waals surface area contributed by atoms with Crippen LogP contribution in [0.15, 0.2) is 43.9 Å². The third kappa shape index (κ3) is 2.81. The lowest BCUT2D eigenvalue weighted by Crippen LogP contribution is -2.14. The van der Waals surface area contributed by atoms with Gasteiger partial charge in [0.05, 0.1) is 5.39 Å². The summed E-state index contributed by atoms with van der Waals surface area (Å²) in [7, 11) is 0. The lowest BCUT2D eigenvalue weighted by atomic mass is 10.2.